The largest absolute Gasteiger partial charge is 0.490 e. The van der Waals surface area contributed by atoms with Gasteiger partial charge in [-0.05, 0) is 23.6 Å². The van der Waals surface area contributed by atoms with Crippen LogP contribution in [0.1, 0.15) is 31.9 Å². The Morgan fingerprint density at radius 1 is 1.31 bits per heavy atom. The molecule has 2 aromatic rings. The second-order valence-electron chi connectivity index (χ2n) is 6.24. The number of nitrogens with zero attached hydrogens (tertiary/aromatic N) is 2. The summed E-state index contributed by atoms with van der Waals surface area (Å²) in [7, 11) is 0. The molecule has 1 amide bonds. The molecule has 7 nitrogen and oxygen atoms in total. The highest BCUT2D eigenvalue weighted by atomic mass is 32.2. The molecule has 0 saturated carbocycles. The second kappa shape index (κ2) is 8.59. The molecule has 3 rings (SSSR count). The van der Waals surface area contributed by atoms with Gasteiger partial charge in [-0.3, -0.25) is 4.79 Å². The van der Waals surface area contributed by atoms with Gasteiger partial charge in [0.15, 0.2) is 15.8 Å². The van der Waals surface area contributed by atoms with Gasteiger partial charge in [0.2, 0.25) is 11.0 Å². The molecule has 1 unspecified atom stereocenters. The monoisotopic (exact) mass is 394 g/mol. The summed E-state index contributed by atoms with van der Waals surface area (Å²) in [5.41, 5.74) is 6.56. The molecule has 1 aliphatic heterocycles. The van der Waals surface area contributed by atoms with E-state index in [0.29, 0.717) is 22.7 Å². The standard InChI is InChI=1S/C17H22N4O3S2/c1-10(2)15(19-14(22)9-25-17-21-20-16(18)26-17)11-4-5-12-13(8-11)24-7-3-6-23-12/h4-5,8,10,15H,3,6-7,9H2,1-2H3,(H2,18,20)(H,19,22). The number of carbonyl (C=O) groups excluding carboxylic acids is 1. The van der Waals surface area contributed by atoms with Gasteiger partial charge in [0, 0.05) is 6.42 Å². The van der Waals surface area contributed by atoms with E-state index in [-0.39, 0.29) is 23.6 Å². The van der Waals surface area contributed by atoms with Gasteiger partial charge in [-0.1, -0.05) is 43.0 Å². The number of anilines is 1. The summed E-state index contributed by atoms with van der Waals surface area (Å²) in [6.07, 6.45) is 0.863. The van der Waals surface area contributed by atoms with Crippen LogP contribution >= 0.6 is 23.1 Å². The highest BCUT2D eigenvalue weighted by Gasteiger charge is 2.21. The average molecular weight is 395 g/mol. The van der Waals surface area contributed by atoms with Crippen LogP contribution in [0.15, 0.2) is 22.5 Å². The van der Waals surface area contributed by atoms with Crippen LogP contribution in [0, 0.1) is 5.92 Å². The number of benzene rings is 1. The SMILES string of the molecule is CC(C)C(NC(=O)CSc1nnc(N)s1)c1ccc2c(c1)OCCCO2. The zero-order valence-corrected chi connectivity index (χ0v) is 16.4. The van der Waals surface area contributed by atoms with Gasteiger partial charge in [0.1, 0.15) is 0 Å². The predicted molar refractivity (Wildman–Crippen MR) is 103 cm³/mol. The highest BCUT2D eigenvalue weighted by molar-refractivity contribution is 8.01. The number of fused-ring (bicyclic) bond motifs is 1. The number of ether oxygens (including phenoxy) is 2. The van der Waals surface area contributed by atoms with Crippen molar-refractivity contribution in [3.8, 4) is 11.5 Å². The minimum atomic E-state index is -0.111. The Balaban J connectivity index is 1.66. The molecule has 0 saturated heterocycles. The summed E-state index contributed by atoms with van der Waals surface area (Å²) in [4.78, 5) is 12.4. The van der Waals surface area contributed by atoms with Crippen LogP contribution in [0.5, 0.6) is 11.5 Å². The maximum absolute atomic E-state index is 12.4. The van der Waals surface area contributed by atoms with Crippen LogP contribution in [0.4, 0.5) is 5.13 Å². The summed E-state index contributed by atoms with van der Waals surface area (Å²) in [5.74, 6) is 1.92. The van der Waals surface area contributed by atoms with Crippen molar-refractivity contribution in [2.45, 2.75) is 30.6 Å². The molecule has 3 N–H and O–H groups in total. The number of rotatable bonds is 6. The zero-order chi connectivity index (χ0) is 18.5. The zero-order valence-electron chi connectivity index (χ0n) is 14.7. The Hall–Kier alpha value is -2.00. The number of amides is 1. The maximum atomic E-state index is 12.4. The van der Waals surface area contributed by atoms with Crippen LogP contribution in [-0.4, -0.2) is 35.1 Å². The molecule has 26 heavy (non-hydrogen) atoms. The number of carbonyl (C=O) groups is 1. The van der Waals surface area contributed by atoms with Gasteiger partial charge in [0.25, 0.3) is 0 Å². The third kappa shape index (κ3) is 4.79. The van der Waals surface area contributed by atoms with Gasteiger partial charge in [0.05, 0.1) is 25.0 Å². The minimum absolute atomic E-state index is 0.0606. The van der Waals surface area contributed by atoms with E-state index in [9.17, 15) is 4.79 Å². The van der Waals surface area contributed by atoms with Crippen molar-refractivity contribution in [3.05, 3.63) is 23.8 Å². The molecule has 0 spiro atoms. The molecule has 1 aromatic carbocycles. The second-order valence-corrected chi connectivity index (χ2v) is 8.47. The summed E-state index contributed by atoms with van der Waals surface area (Å²) in [5, 5.41) is 11.2. The Kier molecular flexibility index (Phi) is 6.20. The number of nitrogens with two attached hydrogens (primary N) is 1. The van der Waals surface area contributed by atoms with Gasteiger partial charge in [-0.2, -0.15) is 0 Å². The Bertz CT molecular complexity index is 766. The molecule has 0 radical (unpaired) electrons. The molecule has 0 aliphatic carbocycles. The van der Waals surface area contributed by atoms with Crippen LogP contribution < -0.4 is 20.5 Å². The van der Waals surface area contributed by atoms with E-state index < -0.39 is 0 Å². The van der Waals surface area contributed by atoms with Gasteiger partial charge >= 0.3 is 0 Å². The number of nitrogen functional groups attached to an aromatic ring is 1. The molecule has 0 fully saturated rings. The van der Waals surface area contributed by atoms with Crippen molar-refractivity contribution < 1.29 is 14.3 Å². The molecule has 1 atom stereocenters. The lowest BCUT2D eigenvalue weighted by Gasteiger charge is -2.23. The lowest BCUT2D eigenvalue weighted by Crippen LogP contribution is -2.33. The van der Waals surface area contributed by atoms with E-state index in [1.165, 1.54) is 23.1 Å². The molecule has 1 aliphatic rings. The fourth-order valence-electron chi connectivity index (χ4n) is 2.63. The molecule has 1 aromatic heterocycles. The van der Waals surface area contributed by atoms with E-state index in [1.54, 1.807) is 0 Å². The van der Waals surface area contributed by atoms with E-state index in [1.807, 2.05) is 18.2 Å². The van der Waals surface area contributed by atoms with Gasteiger partial charge in [-0.15, -0.1) is 10.2 Å². The van der Waals surface area contributed by atoms with Crippen molar-refractivity contribution in [1.82, 2.24) is 15.5 Å². The van der Waals surface area contributed by atoms with Crippen molar-refractivity contribution in [3.63, 3.8) is 0 Å². The molecular formula is C17H22N4O3S2. The lowest BCUT2D eigenvalue weighted by atomic mass is 9.95. The van der Waals surface area contributed by atoms with Crippen LogP contribution in [-0.2, 0) is 4.79 Å². The first-order valence-corrected chi connectivity index (χ1v) is 10.2. The van der Waals surface area contributed by atoms with E-state index >= 15 is 0 Å². The number of thioether (sulfide) groups is 1. The van der Waals surface area contributed by atoms with Crippen LogP contribution in [0.3, 0.4) is 0 Å². The third-order valence-corrected chi connectivity index (χ3v) is 5.75. The Labute approximate surface area is 160 Å². The molecule has 140 valence electrons. The molecule has 2 heterocycles. The summed E-state index contributed by atoms with van der Waals surface area (Å²) < 4.78 is 12.1. The third-order valence-electron chi connectivity index (χ3n) is 3.86. The fourth-order valence-corrected chi connectivity index (χ4v) is 4.08. The first kappa shape index (κ1) is 18.8. The van der Waals surface area contributed by atoms with E-state index in [4.69, 9.17) is 15.2 Å². The van der Waals surface area contributed by atoms with E-state index in [0.717, 1.165) is 23.5 Å². The minimum Gasteiger partial charge on any atom is -0.490 e. The molecular weight excluding hydrogens is 372 g/mol. The Morgan fingerprint density at radius 3 is 2.77 bits per heavy atom. The van der Waals surface area contributed by atoms with E-state index in [2.05, 4.69) is 29.4 Å². The number of aromatic nitrogens is 2. The highest BCUT2D eigenvalue weighted by Crippen LogP contribution is 2.34. The van der Waals surface area contributed by atoms with Gasteiger partial charge < -0.3 is 20.5 Å². The normalized spacial score (nSPS) is 14.7. The molecule has 9 heteroatoms. The first-order chi connectivity index (χ1) is 12.5. The average Bonchev–Trinajstić information content (AvgIpc) is 2.89. The maximum Gasteiger partial charge on any atom is 0.230 e. The Morgan fingerprint density at radius 2 is 2.08 bits per heavy atom. The topological polar surface area (TPSA) is 99.4 Å². The number of nitrogens with one attached hydrogen (secondary N) is 1. The van der Waals surface area contributed by atoms with Crippen molar-refractivity contribution in [2.75, 3.05) is 24.7 Å². The van der Waals surface area contributed by atoms with Crippen LogP contribution in [0.25, 0.3) is 0 Å². The predicted octanol–water partition coefficient (Wildman–Crippen LogP) is 2.89. The van der Waals surface area contributed by atoms with Gasteiger partial charge in [-0.25, -0.2) is 0 Å². The molecule has 0 bridgehead atoms. The number of hydrogen-bond acceptors (Lipinski definition) is 8. The summed E-state index contributed by atoms with van der Waals surface area (Å²) in [6.45, 7) is 5.44. The lowest BCUT2D eigenvalue weighted by molar-refractivity contribution is -0.119. The fraction of sp³-hybridized carbons (Fsp3) is 0.471. The number of hydrogen-bond donors (Lipinski definition) is 2. The van der Waals surface area contributed by atoms with Crippen molar-refractivity contribution >= 4 is 34.1 Å². The summed E-state index contributed by atoms with van der Waals surface area (Å²) in [6, 6.07) is 5.75. The first-order valence-electron chi connectivity index (χ1n) is 8.43. The smallest absolute Gasteiger partial charge is 0.230 e. The quantitative estimate of drug-likeness (QED) is 0.727. The van der Waals surface area contributed by atoms with Crippen LogP contribution in [0.2, 0.25) is 0 Å². The van der Waals surface area contributed by atoms with Crippen molar-refractivity contribution in [2.24, 2.45) is 5.92 Å². The summed E-state index contributed by atoms with van der Waals surface area (Å²) >= 11 is 2.61. The van der Waals surface area contributed by atoms with Crippen molar-refractivity contribution in [1.29, 1.82) is 0 Å².